The van der Waals surface area contributed by atoms with Gasteiger partial charge in [-0.15, -0.1) is 0 Å². The van der Waals surface area contributed by atoms with Crippen LogP contribution in [0, 0.1) is 0 Å². The highest BCUT2D eigenvalue weighted by molar-refractivity contribution is 7.60. The second kappa shape index (κ2) is 5.83. The predicted molar refractivity (Wildman–Crippen MR) is 74.0 cm³/mol. The summed E-state index contributed by atoms with van der Waals surface area (Å²) in [6, 6.07) is 1.22. The Morgan fingerprint density at radius 1 is 1.30 bits per heavy atom. The smallest absolute Gasteiger partial charge is 0.360 e. The Kier molecular flexibility index (Phi) is 4.32. The first-order valence-corrected chi connectivity index (χ1v) is 8.00. The summed E-state index contributed by atoms with van der Waals surface area (Å²) in [5.41, 5.74) is 0.502. The van der Waals surface area contributed by atoms with Gasteiger partial charge in [0.05, 0.1) is 6.26 Å². The van der Waals surface area contributed by atoms with Gasteiger partial charge in [0.15, 0.2) is 5.76 Å². The van der Waals surface area contributed by atoms with Crippen LogP contribution in [0.3, 0.4) is 0 Å². The largest absolute Gasteiger partial charge is 0.462 e. The number of hydrogen-bond acceptors (Lipinski definition) is 3. The van der Waals surface area contributed by atoms with E-state index in [1.165, 1.54) is 12.3 Å². The second-order valence-electron chi connectivity index (χ2n) is 4.57. The highest BCUT2D eigenvalue weighted by Crippen LogP contribution is 2.38. The fraction of sp³-hybridized carbons (Fsp3) is 0.417. The molecule has 2 aromatic rings. The molecule has 0 fully saturated rings. The second-order valence-corrected chi connectivity index (χ2v) is 6.14. The molecule has 0 aliphatic carbocycles. The van der Waals surface area contributed by atoms with Crippen molar-refractivity contribution in [2.45, 2.75) is 32.6 Å². The first-order valence-electron chi connectivity index (χ1n) is 6.38. The molecule has 0 saturated carbocycles. The fourth-order valence-corrected chi connectivity index (χ4v) is 2.76. The molecule has 2 rings (SSSR count). The summed E-state index contributed by atoms with van der Waals surface area (Å²) in [5.74, 6) is 0.0168. The van der Waals surface area contributed by atoms with Crippen molar-refractivity contribution in [3.05, 3.63) is 28.5 Å². The topological polar surface area (TPSA) is 119 Å². The summed E-state index contributed by atoms with van der Waals surface area (Å²) in [5, 5.41) is -0.218. The van der Waals surface area contributed by atoms with E-state index in [0.717, 1.165) is 19.3 Å². The lowest BCUT2D eigenvalue weighted by atomic mass is 10.1. The molecule has 20 heavy (non-hydrogen) atoms. The minimum absolute atomic E-state index is 0.0168. The molecule has 0 unspecified atom stereocenters. The van der Waals surface area contributed by atoms with Crippen LogP contribution in [0.25, 0.3) is 11.5 Å². The Morgan fingerprint density at radius 2 is 2.05 bits per heavy atom. The molecule has 8 heteroatoms. The number of hydrogen-bond donors (Lipinski definition) is 4. The molecule has 0 radical (unpaired) electrons. The molecule has 0 saturated heterocycles. The van der Waals surface area contributed by atoms with Gasteiger partial charge >= 0.3 is 13.3 Å². The normalized spacial score (nSPS) is 11.9. The van der Waals surface area contributed by atoms with E-state index in [-0.39, 0.29) is 11.1 Å². The Balaban J connectivity index is 2.41. The van der Waals surface area contributed by atoms with Gasteiger partial charge < -0.3 is 24.2 Å². The van der Waals surface area contributed by atoms with Crippen LogP contribution in [-0.4, -0.2) is 19.8 Å². The van der Waals surface area contributed by atoms with E-state index in [4.69, 9.17) is 4.42 Å². The van der Waals surface area contributed by atoms with Crippen molar-refractivity contribution >= 4 is 12.9 Å². The number of aryl methyl sites for hydroxylation is 1. The number of unbranched alkanes of at least 4 members (excludes halogenated alkanes) is 2. The number of rotatable bonds is 6. The number of aromatic nitrogens is 2. The highest BCUT2D eigenvalue weighted by atomic mass is 31.2. The summed E-state index contributed by atoms with van der Waals surface area (Å²) in [6.45, 7) is 2.07. The van der Waals surface area contributed by atoms with Crippen LogP contribution in [0.5, 0.6) is 0 Å². The van der Waals surface area contributed by atoms with Gasteiger partial charge in [0.2, 0.25) is 0 Å². The van der Waals surface area contributed by atoms with Crippen molar-refractivity contribution in [1.82, 2.24) is 9.97 Å². The van der Waals surface area contributed by atoms with Gasteiger partial charge in [0, 0.05) is 5.69 Å². The van der Waals surface area contributed by atoms with Gasteiger partial charge in [-0.2, -0.15) is 0 Å². The third-order valence-electron chi connectivity index (χ3n) is 3.02. The minimum Gasteiger partial charge on any atom is -0.462 e. The summed E-state index contributed by atoms with van der Waals surface area (Å²) >= 11 is 0. The Labute approximate surface area is 115 Å². The number of imidazole rings is 1. The van der Waals surface area contributed by atoms with E-state index in [1.54, 1.807) is 0 Å². The van der Waals surface area contributed by atoms with Gasteiger partial charge in [-0.25, -0.2) is 4.79 Å². The Morgan fingerprint density at radius 3 is 2.70 bits per heavy atom. The van der Waals surface area contributed by atoms with Gasteiger partial charge in [-0.05, 0) is 18.9 Å². The zero-order chi connectivity index (χ0) is 14.8. The van der Waals surface area contributed by atoms with E-state index in [1.807, 2.05) is 0 Å². The lowest BCUT2D eigenvalue weighted by Gasteiger charge is -2.05. The summed E-state index contributed by atoms with van der Waals surface area (Å²) in [7, 11) is -4.45. The highest BCUT2D eigenvalue weighted by Gasteiger charge is 2.27. The van der Waals surface area contributed by atoms with Gasteiger partial charge in [0.25, 0.3) is 0 Å². The van der Waals surface area contributed by atoms with Crippen LogP contribution in [0.15, 0.2) is 21.5 Å². The van der Waals surface area contributed by atoms with Crippen LogP contribution < -0.4 is 11.0 Å². The molecule has 0 amide bonds. The fourth-order valence-electron chi connectivity index (χ4n) is 2.07. The van der Waals surface area contributed by atoms with Crippen LogP contribution in [-0.2, 0) is 11.0 Å². The predicted octanol–water partition coefficient (Wildman–Crippen LogP) is 1.50. The lowest BCUT2D eigenvalue weighted by molar-refractivity contribution is 0.387. The van der Waals surface area contributed by atoms with Crippen molar-refractivity contribution in [2.75, 3.05) is 0 Å². The quantitative estimate of drug-likeness (QED) is 0.476. The molecule has 0 bridgehead atoms. The molecule has 2 heterocycles. The zero-order valence-corrected chi connectivity index (χ0v) is 11.9. The van der Waals surface area contributed by atoms with Crippen LogP contribution >= 0.6 is 7.60 Å². The van der Waals surface area contributed by atoms with Gasteiger partial charge in [-0.1, -0.05) is 19.8 Å². The molecular weight excluding hydrogens is 283 g/mol. The summed E-state index contributed by atoms with van der Waals surface area (Å²) in [4.78, 5) is 35.2. The molecule has 4 N–H and O–H groups in total. The lowest BCUT2D eigenvalue weighted by Crippen LogP contribution is -2.05. The summed E-state index contributed by atoms with van der Waals surface area (Å²) < 4.78 is 16.6. The third kappa shape index (κ3) is 3.12. The maximum atomic E-state index is 11.5. The number of nitrogens with one attached hydrogen (secondary N) is 2. The maximum Gasteiger partial charge on any atom is 0.360 e. The minimum atomic E-state index is -4.45. The van der Waals surface area contributed by atoms with Gasteiger partial charge in [-0.3, -0.25) is 4.57 Å². The van der Waals surface area contributed by atoms with Crippen LogP contribution in [0.1, 0.15) is 31.9 Å². The van der Waals surface area contributed by atoms with Crippen LogP contribution in [0.2, 0.25) is 0 Å². The van der Waals surface area contributed by atoms with Crippen molar-refractivity contribution in [1.29, 1.82) is 0 Å². The van der Waals surface area contributed by atoms with Crippen molar-refractivity contribution in [2.24, 2.45) is 0 Å². The van der Waals surface area contributed by atoms with E-state index >= 15 is 0 Å². The molecule has 7 nitrogen and oxygen atoms in total. The molecular formula is C12H17N2O5P. The summed E-state index contributed by atoms with van der Waals surface area (Å²) in [6.07, 6.45) is 4.74. The molecule has 0 aromatic carbocycles. The molecule has 2 aromatic heterocycles. The van der Waals surface area contributed by atoms with E-state index < -0.39 is 13.3 Å². The average molecular weight is 300 g/mol. The van der Waals surface area contributed by atoms with Gasteiger partial charge in [0.1, 0.15) is 11.0 Å². The third-order valence-corrected chi connectivity index (χ3v) is 4.00. The Bertz CT molecular complexity index is 678. The standard InChI is InChI=1S/C12H17N2O5P/c1-2-3-4-5-8-10(14-12(15)13-8)11-9(6-7-19-11)20(16,17)18/h6-7H,2-5H2,1H3,(H2,13,14,15)(H2,16,17,18). The number of H-pyrrole nitrogens is 2. The first kappa shape index (κ1) is 14.8. The van der Waals surface area contributed by atoms with E-state index in [2.05, 4.69) is 16.9 Å². The van der Waals surface area contributed by atoms with E-state index in [0.29, 0.717) is 17.8 Å². The van der Waals surface area contributed by atoms with Crippen molar-refractivity contribution in [3.63, 3.8) is 0 Å². The SMILES string of the molecule is CCCCCc1[nH]c(=O)[nH]c1-c1occc1P(=O)(O)O. The molecule has 0 aliphatic heterocycles. The molecule has 0 atom stereocenters. The first-order chi connectivity index (χ1) is 9.43. The maximum absolute atomic E-state index is 11.5. The van der Waals surface area contributed by atoms with Crippen molar-refractivity contribution in [3.8, 4) is 11.5 Å². The molecule has 0 spiro atoms. The average Bonchev–Trinajstić information content (AvgIpc) is 2.94. The zero-order valence-electron chi connectivity index (χ0n) is 11.0. The monoisotopic (exact) mass is 300 g/mol. The molecule has 0 aliphatic rings. The van der Waals surface area contributed by atoms with E-state index in [9.17, 15) is 19.1 Å². The molecule has 110 valence electrons. The van der Waals surface area contributed by atoms with Crippen LogP contribution in [0.4, 0.5) is 0 Å². The number of furan rings is 1. The number of aromatic amines is 2. The Hall–Kier alpha value is -1.56. The van der Waals surface area contributed by atoms with Crippen molar-refractivity contribution < 1.29 is 18.8 Å².